The summed E-state index contributed by atoms with van der Waals surface area (Å²) in [5, 5.41) is 11.5. The summed E-state index contributed by atoms with van der Waals surface area (Å²) in [4.78, 5) is 36.3. The van der Waals surface area contributed by atoms with Crippen LogP contribution < -0.4 is 0 Å². The lowest BCUT2D eigenvalue weighted by Crippen LogP contribution is -2.62. The van der Waals surface area contributed by atoms with Crippen LogP contribution in [-0.2, 0) is 23.9 Å². The van der Waals surface area contributed by atoms with E-state index < -0.39 is 39.3 Å². The molecule has 0 aromatic rings. The Hall–Kier alpha value is -1.37. The van der Waals surface area contributed by atoms with Gasteiger partial charge in [0.25, 0.3) is 0 Å². The Bertz CT molecular complexity index is 897. The Morgan fingerprint density at radius 3 is 2.69 bits per heavy atom. The van der Waals surface area contributed by atoms with Gasteiger partial charge in [0, 0.05) is 23.2 Å². The zero-order chi connectivity index (χ0) is 23.5. The molecule has 0 aliphatic heterocycles. The third-order valence-corrected chi connectivity index (χ3v) is 8.99. The Morgan fingerprint density at radius 2 is 2.03 bits per heavy atom. The highest BCUT2D eigenvalue weighted by molar-refractivity contribution is 6.53. The molecule has 2 fully saturated rings. The van der Waals surface area contributed by atoms with Crippen molar-refractivity contribution in [3.05, 3.63) is 23.8 Å². The summed E-state index contributed by atoms with van der Waals surface area (Å²) in [5.41, 5.74) is -1.75. The Labute approximate surface area is 198 Å². The molecule has 7 atom stereocenters. The third kappa shape index (κ3) is 3.28. The molecule has 0 aromatic carbocycles. The quantitative estimate of drug-likeness (QED) is 0.369. The Kier molecular flexibility index (Phi) is 6.05. The van der Waals surface area contributed by atoms with Gasteiger partial charge >= 0.3 is 11.9 Å². The van der Waals surface area contributed by atoms with E-state index in [2.05, 4.69) is 13.0 Å². The summed E-state index contributed by atoms with van der Waals surface area (Å²) in [6, 6.07) is 0. The molecule has 6 nitrogen and oxygen atoms in total. The van der Waals surface area contributed by atoms with Crippen LogP contribution in [0, 0.1) is 28.6 Å². The molecule has 0 aromatic heterocycles. The number of aliphatic hydroxyl groups is 1. The SMILES string of the molecule is CCOC(=O)[C@@]1(OC(=O)C(Cl)Cl)CC[C@H]2[C@@H]3CC=C4CC(=O)C=C[C@]4(C)[C@H]3[C@@H](O)C[C@@]21C. The Balaban J connectivity index is 1.76. The minimum absolute atomic E-state index is 0.0119. The standard InChI is InChI=1S/C24H30Cl2O6/c1-4-31-21(30)24(32-20(29)19(25)26)10-8-16-15-6-5-13-11-14(27)7-9-22(13,2)18(15)17(28)12-23(16,24)3/h5,7,9,15-19,28H,4,6,8,10-12H2,1-3H3/t15-,16-,17-,18+,22-,23-,24-/m0/s1. The normalized spacial score (nSPS) is 42.6. The molecule has 0 spiro atoms. The van der Waals surface area contributed by atoms with Gasteiger partial charge in [0.1, 0.15) is 0 Å². The van der Waals surface area contributed by atoms with Crippen molar-refractivity contribution in [3.8, 4) is 0 Å². The minimum Gasteiger partial charge on any atom is -0.463 e. The van der Waals surface area contributed by atoms with Gasteiger partial charge in [-0.25, -0.2) is 9.59 Å². The number of halogens is 2. The van der Waals surface area contributed by atoms with Crippen molar-refractivity contribution in [2.75, 3.05) is 6.61 Å². The number of ether oxygens (including phenoxy) is 2. The summed E-state index contributed by atoms with van der Waals surface area (Å²) in [6.45, 7) is 5.84. The van der Waals surface area contributed by atoms with Crippen molar-refractivity contribution >= 4 is 40.9 Å². The molecule has 0 bridgehead atoms. The van der Waals surface area contributed by atoms with Gasteiger partial charge in [0.2, 0.25) is 10.4 Å². The maximum Gasteiger partial charge on any atom is 0.351 e. The summed E-state index contributed by atoms with van der Waals surface area (Å²) in [5.74, 6) is -1.43. The van der Waals surface area contributed by atoms with E-state index in [9.17, 15) is 19.5 Å². The van der Waals surface area contributed by atoms with Crippen LogP contribution in [0.1, 0.15) is 52.9 Å². The number of ketones is 1. The number of allylic oxidation sites excluding steroid dienone is 4. The molecule has 8 heteroatoms. The average molecular weight is 485 g/mol. The van der Waals surface area contributed by atoms with E-state index in [1.54, 1.807) is 13.0 Å². The van der Waals surface area contributed by atoms with Crippen LogP contribution >= 0.6 is 23.2 Å². The lowest BCUT2D eigenvalue weighted by atomic mass is 9.47. The second-order valence-corrected chi connectivity index (χ2v) is 11.1. The molecule has 0 amide bonds. The van der Waals surface area contributed by atoms with Gasteiger partial charge in [-0.3, -0.25) is 4.79 Å². The van der Waals surface area contributed by atoms with Crippen LogP contribution in [0.25, 0.3) is 0 Å². The molecule has 0 heterocycles. The lowest BCUT2D eigenvalue weighted by Gasteiger charge is -2.59. The maximum atomic E-state index is 13.3. The van der Waals surface area contributed by atoms with E-state index in [-0.39, 0.29) is 43.0 Å². The first-order valence-electron chi connectivity index (χ1n) is 11.3. The number of fused-ring (bicyclic) bond motifs is 5. The third-order valence-electron chi connectivity index (χ3n) is 8.63. The van der Waals surface area contributed by atoms with E-state index in [0.29, 0.717) is 19.3 Å². The molecule has 0 saturated heterocycles. The fraction of sp³-hybridized carbons (Fsp3) is 0.708. The van der Waals surface area contributed by atoms with E-state index in [0.717, 1.165) is 5.57 Å². The first-order chi connectivity index (χ1) is 15.0. The van der Waals surface area contributed by atoms with Crippen molar-refractivity contribution in [2.24, 2.45) is 28.6 Å². The van der Waals surface area contributed by atoms with Gasteiger partial charge in [0.05, 0.1) is 12.7 Å². The number of carbonyl (C=O) groups is 3. The number of esters is 2. The van der Waals surface area contributed by atoms with Gasteiger partial charge in [0.15, 0.2) is 5.78 Å². The van der Waals surface area contributed by atoms with Crippen molar-refractivity contribution in [2.45, 2.75) is 69.4 Å². The summed E-state index contributed by atoms with van der Waals surface area (Å²) >= 11 is 11.5. The van der Waals surface area contributed by atoms with E-state index in [4.69, 9.17) is 32.7 Å². The fourth-order valence-electron chi connectivity index (χ4n) is 7.23. The van der Waals surface area contributed by atoms with Crippen LogP contribution in [0.3, 0.4) is 0 Å². The molecule has 2 saturated carbocycles. The highest BCUT2D eigenvalue weighted by Crippen LogP contribution is 2.67. The van der Waals surface area contributed by atoms with Crippen LogP contribution in [0.4, 0.5) is 0 Å². The maximum absolute atomic E-state index is 13.3. The van der Waals surface area contributed by atoms with Crippen molar-refractivity contribution in [1.29, 1.82) is 0 Å². The molecule has 32 heavy (non-hydrogen) atoms. The van der Waals surface area contributed by atoms with Gasteiger partial charge < -0.3 is 14.6 Å². The number of hydrogen-bond donors (Lipinski definition) is 1. The molecule has 4 rings (SSSR count). The van der Waals surface area contributed by atoms with E-state index >= 15 is 0 Å². The van der Waals surface area contributed by atoms with Crippen molar-refractivity contribution < 1.29 is 29.0 Å². The minimum atomic E-state index is -1.55. The number of carbonyl (C=O) groups excluding carboxylic acids is 3. The molecule has 4 aliphatic carbocycles. The number of aliphatic hydroxyl groups excluding tert-OH is 1. The molecule has 4 aliphatic rings. The summed E-state index contributed by atoms with van der Waals surface area (Å²) < 4.78 is 11.1. The number of hydrogen-bond acceptors (Lipinski definition) is 6. The topological polar surface area (TPSA) is 89.9 Å². The molecule has 0 radical (unpaired) electrons. The van der Waals surface area contributed by atoms with Crippen LogP contribution in [0.2, 0.25) is 0 Å². The highest BCUT2D eigenvalue weighted by atomic mass is 35.5. The van der Waals surface area contributed by atoms with Crippen molar-refractivity contribution in [1.82, 2.24) is 0 Å². The Morgan fingerprint density at radius 1 is 1.31 bits per heavy atom. The van der Waals surface area contributed by atoms with Gasteiger partial charge in [-0.2, -0.15) is 0 Å². The van der Waals surface area contributed by atoms with E-state index in [1.807, 2.05) is 13.0 Å². The summed E-state index contributed by atoms with van der Waals surface area (Å²) in [6.07, 6.45) is 7.23. The summed E-state index contributed by atoms with van der Waals surface area (Å²) in [7, 11) is 0. The van der Waals surface area contributed by atoms with Crippen LogP contribution in [-0.4, -0.2) is 46.0 Å². The van der Waals surface area contributed by atoms with Gasteiger partial charge in [-0.1, -0.05) is 54.8 Å². The second kappa shape index (κ2) is 8.14. The second-order valence-electron chi connectivity index (χ2n) is 10.0. The first-order valence-corrected chi connectivity index (χ1v) is 12.2. The zero-order valence-electron chi connectivity index (χ0n) is 18.6. The van der Waals surface area contributed by atoms with Crippen LogP contribution in [0.15, 0.2) is 23.8 Å². The largest absolute Gasteiger partial charge is 0.463 e. The molecular weight excluding hydrogens is 455 g/mol. The first kappa shape index (κ1) is 23.8. The van der Waals surface area contributed by atoms with Crippen molar-refractivity contribution in [3.63, 3.8) is 0 Å². The predicted octanol–water partition coefficient (Wildman–Crippen LogP) is 3.91. The monoisotopic (exact) mass is 484 g/mol. The number of rotatable bonds is 4. The average Bonchev–Trinajstić information content (AvgIpc) is 3.01. The molecule has 0 unspecified atom stereocenters. The lowest BCUT2D eigenvalue weighted by molar-refractivity contribution is -0.211. The van der Waals surface area contributed by atoms with Gasteiger partial charge in [-0.05, 0) is 50.5 Å². The molecule has 1 N–H and O–H groups in total. The van der Waals surface area contributed by atoms with Gasteiger partial charge in [-0.15, -0.1) is 0 Å². The van der Waals surface area contributed by atoms with Crippen LogP contribution in [0.5, 0.6) is 0 Å². The molecule has 176 valence electrons. The smallest absolute Gasteiger partial charge is 0.351 e. The predicted molar refractivity (Wildman–Crippen MR) is 119 cm³/mol. The zero-order valence-corrected chi connectivity index (χ0v) is 20.1. The molecular formula is C24H30Cl2O6. The fourth-order valence-corrected chi connectivity index (χ4v) is 7.32. The highest BCUT2D eigenvalue weighted by Gasteiger charge is 2.71. The van der Waals surface area contributed by atoms with E-state index in [1.165, 1.54) is 0 Å². The number of alkyl halides is 2.